The largest absolute Gasteiger partial charge is 0.492 e. The molecular formula is C40H72N4O. The van der Waals surface area contributed by atoms with Crippen molar-refractivity contribution in [1.82, 2.24) is 5.32 Å². The molecular weight excluding hydrogens is 552 g/mol. The molecule has 3 heterocycles. The number of nitrogens with one attached hydrogen (secondary N) is 3. The van der Waals surface area contributed by atoms with E-state index < -0.39 is 0 Å². The zero-order valence-corrected chi connectivity index (χ0v) is 31.9. The van der Waals surface area contributed by atoms with E-state index in [1.54, 1.807) is 0 Å². The minimum atomic E-state index is 0.775. The number of benzene rings is 3. The molecule has 45 heavy (non-hydrogen) atoms. The van der Waals surface area contributed by atoms with Gasteiger partial charge in [-0.15, -0.1) is 0 Å². The highest BCUT2D eigenvalue weighted by atomic mass is 16.5. The van der Waals surface area contributed by atoms with Gasteiger partial charge >= 0.3 is 0 Å². The molecule has 3 N–H and O–H groups in total. The van der Waals surface area contributed by atoms with Crippen LogP contribution in [0.2, 0.25) is 0 Å². The first-order valence-electron chi connectivity index (χ1n) is 18.0. The molecule has 258 valence electrons. The van der Waals surface area contributed by atoms with Gasteiger partial charge in [0.05, 0.1) is 11.4 Å². The number of fused-ring (bicyclic) bond motifs is 3. The van der Waals surface area contributed by atoms with Crippen molar-refractivity contribution in [3.63, 3.8) is 0 Å². The second kappa shape index (κ2) is 33.7. The number of para-hydroxylation sites is 2. The smallest absolute Gasteiger partial charge is 0.123 e. The molecule has 6 rings (SSSR count). The minimum absolute atomic E-state index is 0.775. The Morgan fingerprint density at radius 3 is 1.84 bits per heavy atom. The maximum atomic E-state index is 5.49. The predicted octanol–water partition coefficient (Wildman–Crippen LogP) is 11.2. The van der Waals surface area contributed by atoms with E-state index >= 15 is 0 Å². The number of nitrogens with zero attached hydrogens (tertiary/aromatic N) is 1. The first-order valence-corrected chi connectivity index (χ1v) is 18.0. The number of ether oxygens (including phenoxy) is 1. The zero-order valence-electron chi connectivity index (χ0n) is 31.9. The Bertz CT molecular complexity index is 988. The van der Waals surface area contributed by atoms with E-state index in [0.29, 0.717) is 0 Å². The minimum Gasteiger partial charge on any atom is -0.492 e. The summed E-state index contributed by atoms with van der Waals surface area (Å²) < 4.78 is 5.49. The standard InChI is InChI=1S/C10H14N2.C9H11NO.C9H11N.6C2H6/c1-8-3-4-9-10(7-8)12(2)6-5-11-9;1-2-4-9-8(3-1)7-10-5-6-11-9;1-2-6-9-8(4-1)5-3-7-10-9;6*1-2/h3-4,7,11H,5-6H2,1-2H3;1-4,10H,5-7H2;1-2,4,6,10H,3,5,7H2;6*1-2H3. The zero-order chi connectivity index (χ0) is 34.9. The maximum absolute atomic E-state index is 5.49. The SMILES string of the molecule is CC.CC.CC.CC.CC.CC.Cc1ccc2c(c1)N(C)CCN2.c1ccc2c(c1)CCCN2.c1ccc2c(c1)CNCCO2. The molecule has 0 saturated carbocycles. The lowest BCUT2D eigenvalue weighted by molar-refractivity contribution is 0.326. The van der Waals surface area contributed by atoms with E-state index in [2.05, 4.69) is 83.4 Å². The van der Waals surface area contributed by atoms with Crippen LogP contribution >= 0.6 is 0 Å². The summed E-state index contributed by atoms with van der Waals surface area (Å²) in [5, 5.41) is 10.0. The lowest BCUT2D eigenvalue weighted by Crippen LogP contribution is -2.30. The van der Waals surface area contributed by atoms with Gasteiger partial charge in [-0.05, 0) is 55.2 Å². The summed E-state index contributed by atoms with van der Waals surface area (Å²) >= 11 is 0. The quantitative estimate of drug-likeness (QED) is 0.232. The van der Waals surface area contributed by atoms with Gasteiger partial charge in [0.25, 0.3) is 0 Å². The third-order valence-corrected chi connectivity index (χ3v) is 6.11. The normalized spacial score (nSPS) is 12.4. The van der Waals surface area contributed by atoms with Gasteiger partial charge in [-0.2, -0.15) is 0 Å². The molecule has 0 unspecified atom stereocenters. The fourth-order valence-electron chi connectivity index (χ4n) is 4.25. The van der Waals surface area contributed by atoms with E-state index in [1.165, 1.54) is 46.6 Å². The summed E-state index contributed by atoms with van der Waals surface area (Å²) in [4.78, 5) is 2.29. The third kappa shape index (κ3) is 19.1. The van der Waals surface area contributed by atoms with Crippen LogP contribution in [0, 0.1) is 6.92 Å². The lowest BCUT2D eigenvalue weighted by Gasteiger charge is -2.28. The Morgan fingerprint density at radius 1 is 0.622 bits per heavy atom. The van der Waals surface area contributed by atoms with Gasteiger partial charge in [0.2, 0.25) is 0 Å². The first-order chi connectivity index (χ1) is 22.2. The van der Waals surface area contributed by atoms with Crippen molar-refractivity contribution in [1.29, 1.82) is 0 Å². The lowest BCUT2D eigenvalue weighted by atomic mass is 10.0. The highest BCUT2D eigenvalue weighted by Gasteiger charge is 2.11. The van der Waals surface area contributed by atoms with Crippen LogP contribution in [0.4, 0.5) is 17.1 Å². The van der Waals surface area contributed by atoms with Gasteiger partial charge in [-0.3, -0.25) is 0 Å². The van der Waals surface area contributed by atoms with E-state index in [-0.39, 0.29) is 0 Å². The van der Waals surface area contributed by atoms with Crippen molar-refractivity contribution < 1.29 is 4.74 Å². The molecule has 3 aliphatic rings. The van der Waals surface area contributed by atoms with E-state index in [9.17, 15) is 0 Å². The van der Waals surface area contributed by atoms with Crippen molar-refractivity contribution in [2.45, 2.75) is 109 Å². The summed E-state index contributed by atoms with van der Waals surface area (Å²) in [5.74, 6) is 1.03. The summed E-state index contributed by atoms with van der Waals surface area (Å²) in [5.41, 5.74) is 7.95. The predicted molar refractivity (Wildman–Crippen MR) is 208 cm³/mol. The van der Waals surface area contributed by atoms with Gasteiger partial charge in [0.15, 0.2) is 0 Å². The summed E-state index contributed by atoms with van der Waals surface area (Å²) in [6.07, 6.45) is 2.51. The Labute approximate surface area is 280 Å². The van der Waals surface area contributed by atoms with Gasteiger partial charge in [0, 0.05) is 51.0 Å². The van der Waals surface area contributed by atoms with E-state index in [4.69, 9.17) is 4.74 Å². The molecule has 0 amide bonds. The molecule has 5 nitrogen and oxygen atoms in total. The molecule has 0 spiro atoms. The maximum Gasteiger partial charge on any atom is 0.123 e. The van der Waals surface area contributed by atoms with Crippen molar-refractivity contribution in [3.8, 4) is 5.75 Å². The van der Waals surface area contributed by atoms with E-state index in [1.807, 2.05) is 101 Å². The molecule has 3 aliphatic heterocycles. The molecule has 0 atom stereocenters. The molecule has 3 aromatic carbocycles. The number of likely N-dealkylation sites (N-methyl/N-ethyl adjacent to an activating group) is 1. The van der Waals surface area contributed by atoms with Crippen LogP contribution in [0.1, 0.15) is 106 Å². The molecule has 5 heteroatoms. The van der Waals surface area contributed by atoms with Crippen LogP contribution in [-0.4, -0.2) is 39.8 Å². The molecule has 0 aliphatic carbocycles. The van der Waals surface area contributed by atoms with Crippen molar-refractivity contribution in [2.24, 2.45) is 0 Å². The number of rotatable bonds is 0. The second-order valence-electron chi connectivity index (χ2n) is 8.69. The molecule has 0 radical (unpaired) electrons. The molecule has 0 bridgehead atoms. The Hall–Kier alpha value is -3.18. The third-order valence-electron chi connectivity index (χ3n) is 6.11. The van der Waals surface area contributed by atoms with Crippen molar-refractivity contribution in [3.05, 3.63) is 83.4 Å². The monoisotopic (exact) mass is 625 g/mol. The highest BCUT2D eigenvalue weighted by Crippen LogP contribution is 2.28. The Balaban J connectivity index is -0.000000504. The number of hydrogen-bond acceptors (Lipinski definition) is 5. The van der Waals surface area contributed by atoms with Crippen molar-refractivity contribution in [2.75, 3.05) is 55.4 Å². The van der Waals surface area contributed by atoms with Crippen LogP contribution in [-0.2, 0) is 13.0 Å². The van der Waals surface area contributed by atoms with Gasteiger partial charge < -0.3 is 25.6 Å². The fourth-order valence-corrected chi connectivity index (χ4v) is 4.25. The van der Waals surface area contributed by atoms with Crippen LogP contribution in [0.15, 0.2) is 66.7 Å². The summed E-state index contributed by atoms with van der Waals surface area (Å²) in [6, 6.07) is 23.2. The van der Waals surface area contributed by atoms with Crippen LogP contribution < -0.4 is 25.6 Å². The van der Waals surface area contributed by atoms with Gasteiger partial charge in [0.1, 0.15) is 12.4 Å². The van der Waals surface area contributed by atoms with Crippen LogP contribution in [0.3, 0.4) is 0 Å². The van der Waals surface area contributed by atoms with Crippen LogP contribution in [0.5, 0.6) is 5.75 Å². The fraction of sp³-hybridized carbons (Fsp3) is 0.550. The topological polar surface area (TPSA) is 48.6 Å². The number of anilines is 3. The number of hydrogen-bond donors (Lipinski definition) is 3. The summed E-state index contributed by atoms with van der Waals surface area (Å²) in [7, 11) is 2.14. The van der Waals surface area contributed by atoms with Gasteiger partial charge in [-0.1, -0.05) is 126 Å². The van der Waals surface area contributed by atoms with Crippen molar-refractivity contribution >= 4 is 17.1 Å². The molecule has 0 aromatic heterocycles. The first kappa shape index (κ1) is 46.2. The highest BCUT2D eigenvalue weighted by molar-refractivity contribution is 5.72. The Morgan fingerprint density at radius 2 is 1.20 bits per heavy atom. The Kier molecular flexibility index (Phi) is 34.6. The molecule has 0 saturated heterocycles. The van der Waals surface area contributed by atoms with Crippen LogP contribution in [0.25, 0.3) is 0 Å². The van der Waals surface area contributed by atoms with E-state index in [0.717, 1.165) is 45.1 Å². The second-order valence-corrected chi connectivity index (χ2v) is 8.69. The van der Waals surface area contributed by atoms with Gasteiger partial charge in [-0.25, -0.2) is 0 Å². The average molecular weight is 625 g/mol. The summed E-state index contributed by atoms with van der Waals surface area (Å²) in [6.45, 7) is 32.0. The number of aryl methyl sites for hydroxylation is 2. The molecule has 0 fully saturated rings. The average Bonchev–Trinajstić information content (AvgIpc) is 3.40. The molecule has 3 aromatic rings.